The van der Waals surface area contributed by atoms with Crippen LogP contribution in [0.1, 0.15) is 25.0 Å². The zero-order valence-electron chi connectivity index (χ0n) is 13.7. The molecule has 3 rings (SSSR count). The highest BCUT2D eigenvalue weighted by atomic mass is 16.5. The molecule has 23 heavy (non-hydrogen) atoms. The first-order chi connectivity index (χ1) is 11.1. The van der Waals surface area contributed by atoms with Crippen LogP contribution in [-0.4, -0.2) is 66.1 Å². The lowest BCUT2D eigenvalue weighted by molar-refractivity contribution is -0.143. The Labute approximate surface area is 136 Å². The molecule has 1 aromatic rings. The summed E-state index contributed by atoms with van der Waals surface area (Å²) in [4.78, 5) is 13.9. The van der Waals surface area contributed by atoms with Gasteiger partial charge < -0.3 is 19.7 Å². The molecule has 1 spiro atoms. The number of carbonyl (C=O) groups excluding carboxylic acids is 1. The quantitative estimate of drug-likeness (QED) is 0.892. The van der Waals surface area contributed by atoms with E-state index in [2.05, 4.69) is 15.5 Å². The molecule has 0 aliphatic carbocycles. The molecule has 2 aliphatic heterocycles. The average Bonchev–Trinajstić information content (AvgIpc) is 2.92. The molecule has 3 heterocycles. The first-order valence-corrected chi connectivity index (χ1v) is 8.08. The first kappa shape index (κ1) is 16.1. The van der Waals surface area contributed by atoms with E-state index in [9.17, 15) is 4.79 Å². The van der Waals surface area contributed by atoms with Crippen molar-refractivity contribution in [3.05, 3.63) is 17.8 Å². The van der Waals surface area contributed by atoms with Crippen molar-refractivity contribution in [1.29, 1.82) is 0 Å². The molecule has 1 aromatic heterocycles. The lowest BCUT2D eigenvalue weighted by atomic mass is 9.88. The first-order valence-electron chi connectivity index (χ1n) is 8.08. The maximum atomic E-state index is 12.1. The number of carbonyl (C=O) groups is 1. The van der Waals surface area contributed by atoms with Crippen LogP contribution >= 0.6 is 0 Å². The van der Waals surface area contributed by atoms with Crippen molar-refractivity contribution in [3.63, 3.8) is 0 Å². The molecule has 2 fully saturated rings. The second kappa shape index (κ2) is 6.80. The Morgan fingerprint density at radius 1 is 1.52 bits per heavy atom. The number of ether oxygens (including phenoxy) is 2. The summed E-state index contributed by atoms with van der Waals surface area (Å²) in [6.45, 7) is 4.11. The van der Waals surface area contributed by atoms with Gasteiger partial charge in [-0.3, -0.25) is 4.79 Å². The SMILES string of the molecule is COCC(=O)N1CCC[C@@]2(C[C@@H](Nc3ccc(C)nn3)CO2)C1. The minimum absolute atomic E-state index is 0.0379. The number of methoxy groups -OCH3 is 1. The number of aromatic nitrogens is 2. The molecule has 0 saturated carbocycles. The fourth-order valence-corrected chi connectivity index (χ4v) is 3.43. The van der Waals surface area contributed by atoms with Crippen molar-refractivity contribution < 1.29 is 14.3 Å². The van der Waals surface area contributed by atoms with E-state index < -0.39 is 0 Å². The van der Waals surface area contributed by atoms with Crippen molar-refractivity contribution in [1.82, 2.24) is 15.1 Å². The Hall–Kier alpha value is -1.73. The van der Waals surface area contributed by atoms with Crippen molar-refractivity contribution in [2.45, 2.75) is 37.8 Å². The van der Waals surface area contributed by atoms with Gasteiger partial charge >= 0.3 is 0 Å². The van der Waals surface area contributed by atoms with Crippen LogP contribution in [0.2, 0.25) is 0 Å². The lowest BCUT2D eigenvalue weighted by Gasteiger charge is -2.39. The van der Waals surface area contributed by atoms with E-state index in [1.807, 2.05) is 24.0 Å². The minimum Gasteiger partial charge on any atom is -0.375 e. The van der Waals surface area contributed by atoms with Gasteiger partial charge in [0, 0.05) is 26.6 Å². The molecular weight excluding hydrogens is 296 g/mol. The van der Waals surface area contributed by atoms with Crippen LogP contribution in [0.25, 0.3) is 0 Å². The molecule has 0 unspecified atom stereocenters. The van der Waals surface area contributed by atoms with Gasteiger partial charge in [-0.15, -0.1) is 5.10 Å². The third-order valence-electron chi connectivity index (χ3n) is 4.52. The third kappa shape index (κ3) is 3.79. The molecular formula is C16H24N4O3. The van der Waals surface area contributed by atoms with E-state index in [4.69, 9.17) is 9.47 Å². The highest BCUT2D eigenvalue weighted by Crippen LogP contribution is 2.35. The molecule has 7 nitrogen and oxygen atoms in total. The van der Waals surface area contributed by atoms with Gasteiger partial charge in [0.2, 0.25) is 5.91 Å². The number of likely N-dealkylation sites (tertiary alicyclic amines) is 1. The minimum atomic E-state index is -0.239. The molecule has 1 N–H and O–H groups in total. The number of piperidine rings is 1. The molecule has 0 radical (unpaired) electrons. The molecule has 0 bridgehead atoms. The van der Waals surface area contributed by atoms with Crippen LogP contribution in [0, 0.1) is 6.92 Å². The summed E-state index contributed by atoms with van der Waals surface area (Å²) in [5, 5.41) is 11.6. The van der Waals surface area contributed by atoms with Crippen molar-refractivity contribution in [3.8, 4) is 0 Å². The number of amides is 1. The van der Waals surface area contributed by atoms with Crippen LogP contribution < -0.4 is 5.32 Å². The molecule has 0 aromatic carbocycles. The summed E-state index contributed by atoms with van der Waals surface area (Å²) in [7, 11) is 1.55. The summed E-state index contributed by atoms with van der Waals surface area (Å²) in [6.07, 6.45) is 2.83. The monoisotopic (exact) mass is 320 g/mol. The van der Waals surface area contributed by atoms with Crippen molar-refractivity contribution >= 4 is 11.7 Å². The maximum absolute atomic E-state index is 12.1. The standard InChI is InChI=1S/C16H24N4O3/c1-12-4-5-14(19-18-12)17-13-8-16(23-9-13)6-3-7-20(11-16)15(21)10-22-2/h4-5,13H,3,6-11H2,1-2H3,(H,17,19)/t13-,16-/m1/s1. The number of hydrogen-bond donors (Lipinski definition) is 1. The number of nitrogens with one attached hydrogen (secondary N) is 1. The van der Waals surface area contributed by atoms with Crippen LogP contribution in [0.15, 0.2) is 12.1 Å². The zero-order chi connectivity index (χ0) is 16.3. The number of nitrogens with zero attached hydrogens (tertiary/aromatic N) is 3. The van der Waals surface area contributed by atoms with Gasteiger partial charge in [0.25, 0.3) is 0 Å². The maximum Gasteiger partial charge on any atom is 0.248 e. The highest BCUT2D eigenvalue weighted by Gasteiger charge is 2.44. The van der Waals surface area contributed by atoms with E-state index >= 15 is 0 Å². The fraction of sp³-hybridized carbons (Fsp3) is 0.688. The van der Waals surface area contributed by atoms with Crippen LogP contribution in [0.3, 0.4) is 0 Å². The van der Waals surface area contributed by atoms with Gasteiger partial charge in [-0.25, -0.2) is 0 Å². The van der Waals surface area contributed by atoms with Crippen molar-refractivity contribution in [2.75, 3.05) is 38.7 Å². The largest absolute Gasteiger partial charge is 0.375 e. The van der Waals surface area contributed by atoms with Gasteiger partial charge in [-0.2, -0.15) is 5.10 Å². The molecule has 126 valence electrons. The Kier molecular flexibility index (Phi) is 4.77. The predicted molar refractivity (Wildman–Crippen MR) is 85.2 cm³/mol. The van der Waals surface area contributed by atoms with Crippen LogP contribution in [-0.2, 0) is 14.3 Å². The highest BCUT2D eigenvalue weighted by molar-refractivity contribution is 5.77. The zero-order valence-corrected chi connectivity index (χ0v) is 13.7. The average molecular weight is 320 g/mol. The van der Waals surface area contributed by atoms with Gasteiger partial charge in [0.15, 0.2) is 0 Å². The van der Waals surface area contributed by atoms with E-state index in [0.717, 1.165) is 37.3 Å². The number of anilines is 1. The molecule has 7 heteroatoms. The normalized spacial score (nSPS) is 27.4. The Bertz CT molecular complexity index is 551. The fourth-order valence-electron chi connectivity index (χ4n) is 3.43. The number of aryl methyl sites for hydroxylation is 1. The Morgan fingerprint density at radius 3 is 3.13 bits per heavy atom. The Balaban J connectivity index is 1.59. The lowest BCUT2D eigenvalue weighted by Crippen LogP contribution is -2.51. The second-order valence-electron chi connectivity index (χ2n) is 6.45. The molecule has 2 atom stereocenters. The van der Waals surface area contributed by atoms with Crippen LogP contribution in [0.5, 0.6) is 0 Å². The van der Waals surface area contributed by atoms with Gasteiger partial charge in [-0.1, -0.05) is 0 Å². The van der Waals surface area contributed by atoms with E-state index in [1.54, 1.807) is 7.11 Å². The Morgan fingerprint density at radius 2 is 2.39 bits per heavy atom. The molecule has 2 saturated heterocycles. The second-order valence-corrected chi connectivity index (χ2v) is 6.45. The topological polar surface area (TPSA) is 76.6 Å². The summed E-state index contributed by atoms with van der Waals surface area (Å²) in [6, 6.07) is 4.07. The van der Waals surface area contributed by atoms with Gasteiger partial charge in [-0.05, 0) is 31.9 Å². The van der Waals surface area contributed by atoms with Gasteiger partial charge in [0.1, 0.15) is 12.4 Å². The van der Waals surface area contributed by atoms with Gasteiger partial charge in [0.05, 0.1) is 23.9 Å². The molecule has 1 amide bonds. The van der Waals surface area contributed by atoms with E-state index in [-0.39, 0.29) is 24.2 Å². The van der Waals surface area contributed by atoms with E-state index in [1.165, 1.54) is 0 Å². The summed E-state index contributed by atoms with van der Waals surface area (Å²) >= 11 is 0. The summed E-state index contributed by atoms with van der Waals surface area (Å²) in [5.41, 5.74) is 0.659. The smallest absolute Gasteiger partial charge is 0.248 e. The van der Waals surface area contributed by atoms with Crippen molar-refractivity contribution in [2.24, 2.45) is 0 Å². The summed E-state index contributed by atoms with van der Waals surface area (Å²) in [5.74, 6) is 0.806. The van der Waals surface area contributed by atoms with Crippen LogP contribution in [0.4, 0.5) is 5.82 Å². The summed E-state index contributed by atoms with van der Waals surface area (Å²) < 4.78 is 11.1. The predicted octanol–water partition coefficient (Wildman–Crippen LogP) is 0.993. The third-order valence-corrected chi connectivity index (χ3v) is 4.52. The van der Waals surface area contributed by atoms with E-state index in [0.29, 0.717) is 13.2 Å². The number of hydrogen-bond acceptors (Lipinski definition) is 6. The number of rotatable bonds is 4. The molecule has 2 aliphatic rings.